The number of carbonyl (C=O) groups excluding carboxylic acids is 1. The number of hydrogen-bond donors (Lipinski definition) is 0. The molecule has 0 spiro atoms. The Kier molecular flexibility index (Phi) is 4.31. The maximum Gasteiger partial charge on any atom is 0.263 e. The summed E-state index contributed by atoms with van der Waals surface area (Å²) in [6.45, 7) is 6.53. The van der Waals surface area contributed by atoms with E-state index in [1.807, 2.05) is 19.9 Å². The summed E-state index contributed by atoms with van der Waals surface area (Å²) in [6.07, 6.45) is 3.16. The first kappa shape index (κ1) is 15.1. The van der Waals surface area contributed by atoms with Gasteiger partial charge in [0, 0.05) is 31.4 Å². The van der Waals surface area contributed by atoms with Crippen molar-refractivity contribution in [3.8, 4) is 0 Å². The van der Waals surface area contributed by atoms with Crippen molar-refractivity contribution >= 4 is 5.91 Å². The predicted octanol–water partition coefficient (Wildman–Crippen LogP) is 2.35. The molecule has 21 heavy (non-hydrogen) atoms. The Labute approximate surface area is 123 Å². The van der Waals surface area contributed by atoms with E-state index in [4.69, 9.17) is 4.42 Å². The topological polar surface area (TPSA) is 55.5 Å². The van der Waals surface area contributed by atoms with Gasteiger partial charge in [0.05, 0.1) is 12.5 Å². The van der Waals surface area contributed by atoms with Crippen molar-refractivity contribution < 1.29 is 9.21 Å². The van der Waals surface area contributed by atoms with Crippen LogP contribution in [0.15, 0.2) is 33.9 Å². The zero-order valence-electron chi connectivity index (χ0n) is 12.8. The van der Waals surface area contributed by atoms with Crippen LogP contribution in [0, 0.1) is 13.8 Å². The number of nitrogens with zero attached hydrogens (tertiary/aromatic N) is 2. The zero-order chi connectivity index (χ0) is 15.6. The molecular formula is C16H20N2O3. The van der Waals surface area contributed by atoms with Crippen LogP contribution in [0.5, 0.6) is 0 Å². The molecule has 0 bridgehead atoms. The number of amides is 1. The molecule has 0 unspecified atom stereocenters. The molecule has 5 nitrogen and oxygen atoms in total. The highest BCUT2D eigenvalue weighted by Gasteiger charge is 2.20. The number of furan rings is 1. The Balaban J connectivity index is 2.37. The normalized spacial score (nSPS) is 10.7. The molecule has 112 valence electrons. The molecule has 2 aromatic rings. The number of rotatable bonds is 4. The van der Waals surface area contributed by atoms with Crippen LogP contribution in [-0.4, -0.2) is 22.4 Å². The van der Waals surface area contributed by atoms with E-state index in [2.05, 4.69) is 0 Å². The summed E-state index contributed by atoms with van der Waals surface area (Å²) in [5.41, 5.74) is 2.50. The molecule has 2 heterocycles. The number of carbonyl (C=O) groups is 1. The Hall–Kier alpha value is -2.30. The molecule has 5 heteroatoms. The van der Waals surface area contributed by atoms with Gasteiger partial charge in [0.15, 0.2) is 0 Å². The van der Waals surface area contributed by atoms with Gasteiger partial charge in [0.1, 0.15) is 5.56 Å². The lowest BCUT2D eigenvalue weighted by Crippen LogP contribution is -2.35. The highest BCUT2D eigenvalue weighted by atomic mass is 16.3. The minimum Gasteiger partial charge on any atom is -0.472 e. The quantitative estimate of drug-likeness (QED) is 0.867. The minimum absolute atomic E-state index is 0.223. The molecule has 0 aromatic carbocycles. The molecule has 0 radical (unpaired) electrons. The molecular weight excluding hydrogens is 268 g/mol. The van der Waals surface area contributed by atoms with E-state index in [0.29, 0.717) is 18.7 Å². The third kappa shape index (κ3) is 2.91. The number of hydrogen-bond acceptors (Lipinski definition) is 3. The molecule has 0 atom stereocenters. The molecule has 0 aliphatic carbocycles. The molecule has 0 aliphatic rings. The van der Waals surface area contributed by atoms with Gasteiger partial charge < -0.3 is 13.9 Å². The molecule has 0 aliphatic heterocycles. The first-order valence-electron chi connectivity index (χ1n) is 6.93. The average molecular weight is 288 g/mol. The molecule has 0 saturated heterocycles. The number of aromatic nitrogens is 1. The Morgan fingerprint density at radius 2 is 2.10 bits per heavy atom. The van der Waals surface area contributed by atoms with E-state index in [1.54, 1.807) is 37.1 Å². The van der Waals surface area contributed by atoms with Crippen LogP contribution in [0.25, 0.3) is 0 Å². The third-order valence-electron chi connectivity index (χ3n) is 3.58. The summed E-state index contributed by atoms with van der Waals surface area (Å²) in [7, 11) is 1.68. The van der Waals surface area contributed by atoms with Crippen LogP contribution < -0.4 is 5.56 Å². The fraction of sp³-hybridized carbons (Fsp3) is 0.375. The van der Waals surface area contributed by atoms with Crippen molar-refractivity contribution in [2.24, 2.45) is 0 Å². The maximum absolute atomic E-state index is 12.6. The van der Waals surface area contributed by atoms with Gasteiger partial charge in [0.25, 0.3) is 11.5 Å². The number of aryl methyl sites for hydroxylation is 2. The summed E-state index contributed by atoms with van der Waals surface area (Å²) in [6, 6.07) is 3.68. The lowest BCUT2D eigenvalue weighted by molar-refractivity contribution is 0.0781. The van der Waals surface area contributed by atoms with Crippen molar-refractivity contribution in [1.82, 2.24) is 9.47 Å². The first-order chi connectivity index (χ1) is 9.95. The van der Waals surface area contributed by atoms with Gasteiger partial charge in [-0.1, -0.05) is 0 Å². The van der Waals surface area contributed by atoms with Crippen LogP contribution in [0.2, 0.25) is 0 Å². The SMILES string of the molecule is CCn1c(C)cc(C)c(C(=O)N(C)Cc2ccoc2)c1=O. The van der Waals surface area contributed by atoms with Crippen LogP contribution in [0.4, 0.5) is 0 Å². The summed E-state index contributed by atoms with van der Waals surface area (Å²) < 4.78 is 6.61. The Morgan fingerprint density at radius 1 is 1.38 bits per heavy atom. The monoisotopic (exact) mass is 288 g/mol. The fourth-order valence-corrected chi connectivity index (χ4v) is 2.50. The van der Waals surface area contributed by atoms with Crippen molar-refractivity contribution in [1.29, 1.82) is 0 Å². The smallest absolute Gasteiger partial charge is 0.263 e. The lowest BCUT2D eigenvalue weighted by atomic mass is 10.1. The molecule has 0 fully saturated rings. The molecule has 2 aromatic heterocycles. The van der Waals surface area contributed by atoms with Gasteiger partial charge in [-0.2, -0.15) is 0 Å². The van der Waals surface area contributed by atoms with Gasteiger partial charge in [-0.15, -0.1) is 0 Å². The van der Waals surface area contributed by atoms with Gasteiger partial charge in [-0.3, -0.25) is 9.59 Å². The zero-order valence-corrected chi connectivity index (χ0v) is 12.8. The van der Waals surface area contributed by atoms with E-state index in [1.165, 1.54) is 4.90 Å². The predicted molar refractivity (Wildman–Crippen MR) is 80.4 cm³/mol. The highest BCUT2D eigenvalue weighted by Crippen LogP contribution is 2.11. The largest absolute Gasteiger partial charge is 0.472 e. The summed E-state index contributed by atoms with van der Waals surface area (Å²) >= 11 is 0. The van der Waals surface area contributed by atoms with Gasteiger partial charge in [-0.25, -0.2) is 0 Å². The second kappa shape index (κ2) is 5.99. The number of pyridine rings is 1. The van der Waals surface area contributed by atoms with E-state index < -0.39 is 0 Å². The van der Waals surface area contributed by atoms with Crippen LogP contribution in [0.3, 0.4) is 0 Å². The average Bonchev–Trinajstić information content (AvgIpc) is 2.91. The van der Waals surface area contributed by atoms with Crippen molar-refractivity contribution in [3.05, 3.63) is 57.4 Å². The summed E-state index contributed by atoms with van der Waals surface area (Å²) in [5.74, 6) is -0.263. The van der Waals surface area contributed by atoms with E-state index >= 15 is 0 Å². The highest BCUT2D eigenvalue weighted by molar-refractivity contribution is 5.95. The van der Waals surface area contributed by atoms with E-state index in [0.717, 1.165) is 11.3 Å². The molecule has 2 rings (SSSR count). The lowest BCUT2D eigenvalue weighted by Gasteiger charge is -2.19. The van der Waals surface area contributed by atoms with Crippen LogP contribution in [-0.2, 0) is 13.1 Å². The summed E-state index contributed by atoms with van der Waals surface area (Å²) in [4.78, 5) is 26.6. The van der Waals surface area contributed by atoms with Gasteiger partial charge in [0.2, 0.25) is 0 Å². The Bertz CT molecular complexity index is 699. The second-order valence-electron chi connectivity index (χ2n) is 5.19. The minimum atomic E-state index is -0.263. The fourth-order valence-electron chi connectivity index (χ4n) is 2.50. The van der Waals surface area contributed by atoms with Crippen molar-refractivity contribution in [2.75, 3.05) is 7.05 Å². The van der Waals surface area contributed by atoms with Crippen molar-refractivity contribution in [2.45, 2.75) is 33.9 Å². The molecule has 0 saturated carbocycles. The summed E-state index contributed by atoms with van der Waals surface area (Å²) in [5, 5.41) is 0. The van der Waals surface area contributed by atoms with Crippen LogP contribution >= 0.6 is 0 Å². The third-order valence-corrected chi connectivity index (χ3v) is 3.58. The van der Waals surface area contributed by atoms with Crippen LogP contribution in [0.1, 0.15) is 34.1 Å². The second-order valence-corrected chi connectivity index (χ2v) is 5.19. The van der Waals surface area contributed by atoms with Crippen molar-refractivity contribution in [3.63, 3.8) is 0 Å². The molecule has 0 N–H and O–H groups in total. The van der Waals surface area contributed by atoms with Gasteiger partial charge in [-0.05, 0) is 38.5 Å². The molecule has 1 amide bonds. The maximum atomic E-state index is 12.6. The standard InChI is InChI=1S/C16H20N2O3/c1-5-18-12(3)8-11(2)14(16(18)20)15(19)17(4)9-13-6-7-21-10-13/h6-8,10H,5,9H2,1-4H3. The van der Waals surface area contributed by atoms with Gasteiger partial charge >= 0.3 is 0 Å². The van der Waals surface area contributed by atoms with E-state index in [9.17, 15) is 9.59 Å². The Morgan fingerprint density at radius 3 is 2.67 bits per heavy atom. The first-order valence-corrected chi connectivity index (χ1v) is 6.93. The van der Waals surface area contributed by atoms with E-state index in [-0.39, 0.29) is 17.0 Å².